The van der Waals surface area contributed by atoms with Crippen molar-refractivity contribution in [1.29, 1.82) is 0 Å². The first-order valence-electron chi connectivity index (χ1n) is 11.5. The number of nitrogens with zero attached hydrogens (tertiary/aromatic N) is 3. The van der Waals surface area contributed by atoms with Crippen LogP contribution in [0, 0.1) is 0 Å². The van der Waals surface area contributed by atoms with Crippen LogP contribution >= 0.6 is 11.8 Å². The molecule has 0 bridgehead atoms. The topological polar surface area (TPSA) is 92.6 Å². The van der Waals surface area contributed by atoms with Gasteiger partial charge in [-0.05, 0) is 22.9 Å². The Balaban J connectivity index is 2.14. The van der Waals surface area contributed by atoms with Crippen LogP contribution in [0.1, 0.15) is 58.3 Å². The second-order valence-corrected chi connectivity index (χ2v) is 16.0. The number of carbonyl (C=O) groups is 2. The number of aliphatic carboxylic acids is 1. The zero-order valence-corrected chi connectivity index (χ0v) is 22.3. The van der Waals surface area contributed by atoms with E-state index in [1.807, 2.05) is 30.6 Å². The van der Waals surface area contributed by atoms with Crippen LogP contribution in [0.5, 0.6) is 0 Å². The van der Waals surface area contributed by atoms with Gasteiger partial charge in [0, 0.05) is 12.6 Å². The van der Waals surface area contributed by atoms with E-state index in [0.717, 1.165) is 0 Å². The maximum absolute atomic E-state index is 12.8. The van der Waals surface area contributed by atoms with E-state index in [9.17, 15) is 14.7 Å². The molecule has 0 saturated heterocycles. The van der Waals surface area contributed by atoms with Crippen LogP contribution in [0.15, 0.2) is 35.7 Å². The number of hydrogen-bond acceptors (Lipinski definition) is 7. The first-order chi connectivity index (χ1) is 15.5. The van der Waals surface area contributed by atoms with E-state index in [1.54, 1.807) is 4.90 Å². The average Bonchev–Trinajstić information content (AvgIpc) is 3.22. The summed E-state index contributed by atoms with van der Waals surface area (Å²) >= 11 is 1.36. The molecule has 0 spiro atoms. The minimum atomic E-state index is -2.22. The molecule has 2 heterocycles. The second-order valence-electron chi connectivity index (χ2n) is 9.76. The monoisotopic (exact) mass is 489 g/mol. The third-order valence-corrected chi connectivity index (χ3v) is 13.6. The smallest absolute Gasteiger partial charge is 0.326 e. The van der Waals surface area contributed by atoms with Crippen LogP contribution in [0.4, 0.5) is 5.82 Å². The highest BCUT2D eigenvalue weighted by Gasteiger charge is 2.51. The minimum absolute atomic E-state index is 0.130. The molecular weight excluding hydrogens is 454 g/mol. The van der Waals surface area contributed by atoms with Gasteiger partial charge in [0.15, 0.2) is 19.3 Å². The fraction of sp³-hybridized carbons (Fsp3) is 0.583. The van der Waals surface area contributed by atoms with Crippen molar-refractivity contribution >= 4 is 37.6 Å². The SMILES string of the molecule is CSc1ncc2c(n1)N(C1(CO[Si](C(C)C)(C(C)C)C(C)C)C=CC=C1)C(C(=O)O)CC2=O. The number of hydrogen-bond donors (Lipinski definition) is 1. The standard InChI is InChI=1S/C24H35N3O4SSi/c1-15(2)33(16(3)4,17(5)6)31-14-24(10-8-9-11-24)27-19(22(29)30)12-20(28)18-13-25-23(32-7)26-21(18)27/h8-11,13,15-17,19H,12,14H2,1-7H3,(H,29,30). The normalized spacial score (nSPS) is 19.8. The van der Waals surface area contributed by atoms with Crippen LogP contribution in [0.25, 0.3) is 0 Å². The third-order valence-electron chi connectivity index (χ3n) is 7.02. The Morgan fingerprint density at radius 2 is 1.79 bits per heavy atom. The zero-order valence-electron chi connectivity index (χ0n) is 20.5. The number of rotatable bonds is 9. The van der Waals surface area contributed by atoms with Crippen LogP contribution in [-0.4, -0.2) is 59.6 Å². The van der Waals surface area contributed by atoms with Crippen molar-refractivity contribution in [3.05, 3.63) is 36.1 Å². The molecule has 7 nitrogen and oxygen atoms in total. The highest BCUT2D eigenvalue weighted by atomic mass is 32.2. The van der Waals surface area contributed by atoms with E-state index in [1.165, 1.54) is 18.0 Å². The quantitative estimate of drug-likeness (QED) is 0.291. The first-order valence-corrected chi connectivity index (χ1v) is 14.8. The van der Waals surface area contributed by atoms with Gasteiger partial charge in [0.05, 0.1) is 12.2 Å². The molecule has 2 aliphatic rings. The predicted octanol–water partition coefficient (Wildman–Crippen LogP) is 5.10. The maximum atomic E-state index is 12.8. The van der Waals surface area contributed by atoms with Crippen LogP contribution < -0.4 is 4.90 Å². The summed E-state index contributed by atoms with van der Waals surface area (Å²) in [6, 6.07) is -1.04. The number of ketones is 1. The molecule has 1 aliphatic carbocycles. The number of Topliss-reactive ketones (excluding diaryl/α,β-unsaturated/α-hetero) is 1. The molecule has 33 heavy (non-hydrogen) atoms. The van der Waals surface area contributed by atoms with Crippen molar-refractivity contribution < 1.29 is 19.1 Å². The van der Waals surface area contributed by atoms with E-state index >= 15 is 0 Å². The van der Waals surface area contributed by atoms with Gasteiger partial charge in [-0.15, -0.1) is 0 Å². The van der Waals surface area contributed by atoms with Crippen LogP contribution in [0.3, 0.4) is 0 Å². The molecule has 9 heteroatoms. The summed E-state index contributed by atoms with van der Waals surface area (Å²) in [5.74, 6) is -0.936. The van der Waals surface area contributed by atoms with E-state index in [2.05, 4.69) is 51.5 Å². The maximum Gasteiger partial charge on any atom is 0.326 e. The van der Waals surface area contributed by atoms with E-state index in [4.69, 9.17) is 4.43 Å². The summed E-state index contributed by atoms with van der Waals surface area (Å²) in [5.41, 5.74) is 0.678. The van der Waals surface area contributed by atoms with Gasteiger partial charge in [0.1, 0.15) is 17.4 Å². The molecule has 0 fully saturated rings. The number of aromatic nitrogens is 2. The van der Waals surface area contributed by atoms with Crippen molar-refractivity contribution in [1.82, 2.24) is 9.97 Å². The van der Waals surface area contributed by atoms with Crippen molar-refractivity contribution in [3.63, 3.8) is 0 Å². The lowest BCUT2D eigenvalue weighted by Crippen LogP contribution is -2.61. The molecule has 0 amide bonds. The number of anilines is 1. The van der Waals surface area contributed by atoms with E-state index < -0.39 is 25.9 Å². The highest BCUT2D eigenvalue weighted by Crippen LogP contribution is 2.45. The molecule has 1 N–H and O–H groups in total. The molecular formula is C24H35N3O4SSi. The molecule has 0 radical (unpaired) electrons. The Morgan fingerprint density at radius 1 is 1.21 bits per heavy atom. The first kappa shape index (κ1) is 25.6. The zero-order chi connectivity index (χ0) is 24.6. The number of thioether (sulfide) groups is 1. The minimum Gasteiger partial charge on any atom is -0.480 e. The molecule has 0 aromatic carbocycles. The van der Waals surface area contributed by atoms with Crippen LogP contribution in [-0.2, 0) is 9.22 Å². The number of allylic oxidation sites excluding steroid dienone is 2. The lowest BCUT2D eigenvalue weighted by molar-refractivity contribution is -0.139. The van der Waals surface area contributed by atoms with Gasteiger partial charge in [-0.3, -0.25) is 4.79 Å². The Kier molecular flexibility index (Phi) is 7.55. The third kappa shape index (κ3) is 4.42. The molecule has 1 atom stereocenters. The molecule has 1 aromatic heterocycles. The lowest BCUT2D eigenvalue weighted by Gasteiger charge is -2.49. The average molecular weight is 490 g/mol. The fourth-order valence-electron chi connectivity index (χ4n) is 5.61. The molecule has 3 rings (SSSR count). The summed E-state index contributed by atoms with van der Waals surface area (Å²) in [6.45, 7) is 13.7. The van der Waals surface area contributed by atoms with E-state index in [0.29, 0.717) is 39.8 Å². The van der Waals surface area contributed by atoms with Crippen LogP contribution in [0.2, 0.25) is 16.6 Å². The van der Waals surface area contributed by atoms with Gasteiger partial charge in [0.2, 0.25) is 0 Å². The Hall–Kier alpha value is -1.97. The Morgan fingerprint density at radius 3 is 2.27 bits per heavy atom. The summed E-state index contributed by atoms with van der Waals surface area (Å²) < 4.78 is 6.95. The number of carboxylic acids is 1. The molecule has 0 saturated carbocycles. The van der Waals surface area contributed by atoms with E-state index in [-0.39, 0.29) is 12.2 Å². The largest absolute Gasteiger partial charge is 0.480 e. The van der Waals surface area contributed by atoms with Crippen molar-refractivity contribution in [2.45, 2.75) is 81.3 Å². The van der Waals surface area contributed by atoms with Gasteiger partial charge in [0.25, 0.3) is 0 Å². The number of fused-ring (bicyclic) bond motifs is 1. The highest BCUT2D eigenvalue weighted by molar-refractivity contribution is 7.98. The summed E-state index contributed by atoms with van der Waals surface area (Å²) in [5, 5.41) is 10.6. The summed E-state index contributed by atoms with van der Waals surface area (Å²) in [6.07, 6.45) is 11.0. The van der Waals surface area contributed by atoms with Gasteiger partial charge in [-0.1, -0.05) is 77.6 Å². The summed E-state index contributed by atoms with van der Waals surface area (Å²) in [4.78, 5) is 35.8. The van der Waals surface area contributed by atoms with Gasteiger partial charge < -0.3 is 14.4 Å². The van der Waals surface area contributed by atoms with Crippen molar-refractivity contribution in [2.24, 2.45) is 0 Å². The second kappa shape index (κ2) is 9.72. The van der Waals surface area contributed by atoms with Crippen molar-refractivity contribution in [2.75, 3.05) is 17.8 Å². The molecule has 1 unspecified atom stereocenters. The number of carboxylic acid groups (broad SMARTS) is 1. The Bertz CT molecular complexity index is 943. The molecule has 1 aliphatic heterocycles. The summed E-state index contributed by atoms with van der Waals surface area (Å²) in [7, 11) is -2.22. The predicted molar refractivity (Wildman–Crippen MR) is 135 cm³/mol. The number of carbonyl (C=O) groups excluding carboxylic acids is 1. The Labute approximate surface area is 201 Å². The molecule has 180 valence electrons. The van der Waals surface area contributed by atoms with Gasteiger partial charge >= 0.3 is 5.97 Å². The van der Waals surface area contributed by atoms with Gasteiger partial charge in [-0.2, -0.15) is 0 Å². The lowest BCUT2D eigenvalue weighted by atomic mass is 9.90. The molecule has 1 aromatic rings. The fourth-order valence-corrected chi connectivity index (χ4v) is 11.4. The van der Waals surface area contributed by atoms with Gasteiger partial charge in [-0.25, -0.2) is 14.8 Å². The van der Waals surface area contributed by atoms with Crippen molar-refractivity contribution in [3.8, 4) is 0 Å².